The van der Waals surface area contributed by atoms with Crippen LogP contribution in [0, 0.1) is 24.0 Å². The molecule has 1 N–H and O–H groups in total. The molecule has 0 saturated heterocycles. The van der Waals surface area contributed by atoms with Crippen LogP contribution in [-0.2, 0) is 11.4 Å². The fourth-order valence-corrected chi connectivity index (χ4v) is 4.49. The van der Waals surface area contributed by atoms with E-state index >= 15 is 0 Å². The lowest BCUT2D eigenvalue weighted by Crippen LogP contribution is -2.19. The van der Waals surface area contributed by atoms with Gasteiger partial charge < -0.3 is 4.74 Å². The van der Waals surface area contributed by atoms with Crippen LogP contribution in [0.1, 0.15) is 22.5 Å². The van der Waals surface area contributed by atoms with Crippen LogP contribution < -0.4 is 10.2 Å². The Kier molecular flexibility index (Phi) is 8.97. The monoisotopic (exact) mass is 563 g/mol. The van der Waals surface area contributed by atoms with Gasteiger partial charge in [-0.1, -0.05) is 23.4 Å². The summed E-state index contributed by atoms with van der Waals surface area (Å²) in [6, 6.07) is 11.3. The fourth-order valence-electron chi connectivity index (χ4n) is 2.76. The summed E-state index contributed by atoms with van der Waals surface area (Å²) in [5.41, 5.74) is 5.56. The number of hydrogen-bond donors (Lipinski definition) is 1. The van der Waals surface area contributed by atoms with Gasteiger partial charge in [0.25, 0.3) is 11.6 Å². The van der Waals surface area contributed by atoms with Crippen molar-refractivity contribution in [1.29, 1.82) is 0 Å². The molecular formula is C22H19BrClN5O4S. The summed E-state index contributed by atoms with van der Waals surface area (Å²) in [6.07, 6.45) is 1.46. The summed E-state index contributed by atoms with van der Waals surface area (Å²) in [5.74, 6) is 0.253. The first kappa shape index (κ1) is 25.6. The number of hydrogen-bond acceptors (Lipinski definition) is 8. The maximum Gasteiger partial charge on any atom is 0.269 e. The molecule has 3 rings (SSSR count). The zero-order valence-electron chi connectivity index (χ0n) is 18.1. The molecule has 12 heteroatoms. The van der Waals surface area contributed by atoms with E-state index in [1.54, 1.807) is 24.3 Å². The van der Waals surface area contributed by atoms with E-state index in [0.717, 1.165) is 17.0 Å². The number of aromatic nitrogens is 2. The van der Waals surface area contributed by atoms with Crippen LogP contribution in [0.3, 0.4) is 0 Å². The molecular weight excluding hydrogens is 546 g/mol. The number of benzene rings is 2. The third-order valence-electron chi connectivity index (χ3n) is 4.25. The number of thioether (sulfide) groups is 1. The van der Waals surface area contributed by atoms with Crippen molar-refractivity contribution in [3.05, 3.63) is 84.6 Å². The van der Waals surface area contributed by atoms with E-state index in [0.29, 0.717) is 26.0 Å². The zero-order chi connectivity index (χ0) is 24.7. The van der Waals surface area contributed by atoms with Crippen molar-refractivity contribution >= 4 is 57.1 Å². The molecule has 9 nitrogen and oxygen atoms in total. The third-order valence-corrected chi connectivity index (χ3v) is 5.97. The fraction of sp³-hybridized carbons (Fsp3) is 0.182. The van der Waals surface area contributed by atoms with E-state index in [4.69, 9.17) is 16.3 Å². The molecule has 176 valence electrons. The Labute approximate surface area is 213 Å². The minimum Gasteiger partial charge on any atom is -0.486 e. The Morgan fingerprint density at radius 2 is 1.91 bits per heavy atom. The number of aryl methyl sites for hydroxylation is 2. The molecule has 0 atom stereocenters. The van der Waals surface area contributed by atoms with Gasteiger partial charge in [-0.15, -0.1) is 0 Å². The van der Waals surface area contributed by atoms with Crippen molar-refractivity contribution in [2.75, 3.05) is 5.75 Å². The van der Waals surface area contributed by atoms with Gasteiger partial charge in [0.15, 0.2) is 10.9 Å². The van der Waals surface area contributed by atoms with Gasteiger partial charge in [0.1, 0.15) is 6.61 Å². The van der Waals surface area contributed by atoms with Crippen molar-refractivity contribution in [2.24, 2.45) is 5.10 Å². The topological polar surface area (TPSA) is 120 Å². The molecule has 0 aliphatic heterocycles. The summed E-state index contributed by atoms with van der Waals surface area (Å²) in [6.45, 7) is 3.93. The number of carbonyl (C=O) groups excluding carboxylic acids is 1. The van der Waals surface area contributed by atoms with E-state index in [2.05, 4.69) is 36.4 Å². The first-order chi connectivity index (χ1) is 16.2. The molecule has 2 aromatic carbocycles. The number of rotatable bonds is 9. The number of halogens is 2. The number of nitrogens with zero attached hydrogens (tertiary/aromatic N) is 4. The molecule has 1 aromatic heterocycles. The average molecular weight is 565 g/mol. The first-order valence-corrected chi connectivity index (χ1v) is 12.0. The Hall–Kier alpha value is -3.02. The molecule has 0 saturated carbocycles. The third kappa shape index (κ3) is 7.51. The van der Waals surface area contributed by atoms with Gasteiger partial charge in [-0.05, 0) is 71.2 Å². The Morgan fingerprint density at radius 3 is 2.53 bits per heavy atom. The standard InChI is InChI=1S/C22H19BrClN5O4S/c1-13-7-14(2)27-22(26-13)34-12-20(30)28-25-10-16-8-18(23)21(19(24)9-16)33-11-15-3-5-17(6-4-15)29(31)32/h3-10H,11-12H2,1-2H3,(H,28,30)/b25-10-. The highest BCUT2D eigenvalue weighted by molar-refractivity contribution is 9.10. The second kappa shape index (κ2) is 11.9. The van der Waals surface area contributed by atoms with Gasteiger partial charge in [-0.25, -0.2) is 15.4 Å². The van der Waals surface area contributed by atoms with Crippen LogP contribution in [0.15, 0.2) is 57.2 Å². The molecule has 0 aliphatic rings. The summed E-state index contributed by atoms with van der Waals surface area (Å²) in [7, 11) is 0. The maximum atomic E-state index is 12.0. The molecule has 0 unspecified atom stereocenters. The van der Waals surface area contributed by atoms with E-state index in [1.165, 1.54) is 30.1 Å². The zero-order valence-corrected chi connectivity index (χ0v) is 21.3. The second-order valence-corrected chi connectivity index (χ2v) is 9.25. The van der Waals surface area contributed by atoms with Crippen LogP contribution in [0.25, 0.3) is 0 Å². The average Bonchev–Trinajstić information content (AvgIpc) is 2.77. The number of nitrogens with one attached hydrogen (secondary N) is 1. The smallest absolute Gasteiger partial charge is 0.269 e. The number of nitro benzene ring substituents is 1. The van der Waals surface area contributed by atoms with Gasteiger partial charge in [-0.3, -0.25) is 14.9 Å². The number of amides is 1. The predicted octanol–water partition coefficient (Wildman–Crippen LogP) is 5.24. The van der Waals surface area contributed by atoms with Gasteiger partial charge in [0, 0.05) is 23.5 Å². The van der Waals surface area contributed by atoms with Gasteiger partial charge in [0.05, 0.1) is 26.4 Å². The number of nitro groups is 1. The van der Waals surface area contributed by atoms with Gasteiger partial charge >= 0.3 is 0 Å². The van der Waals surface area contributed by atoms with E-state index in [-0.39, 0.29) is 24.0 Å². The molecule has 0 aliphatic carbocycles. The largest absolute Gasteiger partial charge is 0.486 e. The van der Waals surface area contributed by atoms with Crippen molar-refractivity contribution in [1.82, 2.24) is 15.4 Å². The Bertz CT molecular complexity index is 1200. The van der Waals surface area contributed by atoms with Gasteiger partial charge in [0.2, 0.25) is 0 Å². The van der Waals surface area contributed by atoms with Crippen molar-refractivity contribution in [3.8, 4) is 5.75 Å². The second-order valence-electron chi connectivity index (χ2n) is 7.04. The highest BCUT2D eigenvalue weighted by Crippen LogP contribution is 2.34. The molecule has 0 bridgehead atoms. The minimum absolute atomic E-state index is 0.0101. The molecule has 0 radical (unpaired) electrons. The summed E-state index contributed by atoms with van der Waals surface area (Å²) in [4.78, 5) is 30.9. The SMILES string of the molecule is Cc1cc(C)nc(SCC(=O)N/N=C\c2cc(Cl)c(OCc3ccc([N+](=O)[O-])cc3)c(Br)c2)n1. The van der Waals surface area contributed by atoms with Gasteiger partial charge in [-0.2, -0.15) is 5.10 Å². The Balaban J connectivity index is 1.54. The van der Waals surface area contributed by atoms with E-state index in [1.807, 2.05) is 19.9 Å². The molecule has 0 spiro atoms. The minimum atomic E-state index is -0.459. The number of ether oxygens (including phenoxy) is 1. The van der Waals surface area contributed by atoms with Crippen LogP contribution in [0.4, 0.5) is 5.69 Å². The lowest BCUT2D eigenvalue weighted by molar-refractivity contribution is -0.384. The maximum absolute atomic E-state index is 12.0. The molecule has 0 fully saturated rings. The number of non-ortho nitro benzene ring substituents is 1. The lowest BCUT2D eigenvalue weighted by Gasteiger charge is -2.11. The highest BCUT2D eigenvalue weighted by Gasteiger charge is 2.11. The van der Waals surface area contributed by atoms with Crippen molar-refractivity contribution in [2.45, 2.75) is 25.6 Å². The van der Waals surface area contributed by atoms with Crippen LogP contribution in [0.5, 0.6) is 5.75 Å². The molecule has 34 heavy (non-hydrogen) atoms. The summed E-state index contributed by atoms with van der Waals surface area (Å²) < 4.78 is 6.36. The molecule has 3 aromatic rings. The van der Waals surface area contributed by atoms with Crippen molar-refractivity contribution in [3.63, 3.8) is 0 Å². The summed E-state index contributed by atoms with van der Waals surface area (Å²) >= 11 is 11.0. The number of hydrazone groups is 1. The predicted molar refractivity (Wildman–Crippen MR) is 135 cm³/mol. The number of carbonyl (C=O) groups is 1. The highest BCUT2D eigenvalue weighted by atomic mass is 79.9. The van der Waals surface area contributed by atoms with Crippen LogP contribution >= 0.6 is 39.3 Å². The molecule has 1 heterocycles. The lowest BCUT2D eigenvalue weighted by atomic mass is 10.2. The first-order valence-electron chi connectivity index (χ1n) is 9.83. The van der Waals surface area contributed by atoms with Crippen LogP contribution in [0.2, 0.25) is 5.02 Å². The normalized spacial score (nSPS) is 10.9. The van der Waals surface area contributed by atoms with E-state index < -0.39 is 4.92 Å². The van der Waals surface area contributed by atoms with Crippen LogP contribution in [-0.4, -0.2) is 32.8 Å². The quantitative estimate of drug-likeness (QED) is 0.124. The van der Waals surface area contributed by atoms with E-state index in [9.17, 15) is 14.9 Å². The Morgan fingerprint density at radius 1 is 1.24 bits per heavy atom. The molecule has 1 amide bonds. The summed E-state index contributed by atoms with van der Waals surface area (Å²) in [5, 5.41) is 15.6. The van der Waals surface area contributed by atoms with Crippen molar-refractivity contribution < 1.29 is 14.5 Å².